The van der Waals surface area contributed by atoms with Crippen LogP contribution < -0.4 is 4.90 Å². The van der Waals surface area contributed by atoms with Crippen molar-refractivity contribution in [2.24, 2.45) is 0 Å². The molecule has 0 aliphatic heterocycles. The monoisotopic (exact) mass is 537 g/mol. The molecule has 0 radical (unpaired) electrons. The number of hydrogen-bond donors (Lipinski definition) is 0. The molecule has 7 aromatic carbocycles. The average molecular weight is 538 g/mol. The summed E-state index contributed by atoms with van der Waals surface area (Å²) in [5, 5.41) is 4.69. The Morgan fingerprint density at radius 3 is 1.52 bits per heavy atom. The van der Waals surface area contributed by atoms with Crippen LogP contribution in [-0.2, 0) is 0 Å². The first-order valence-corrected chi connectivity index (χ1v) is 14.3. The SMILES string of the molecule is c1ccc(-c2ccc(N(c3ccc(-c4ccccc4)cc3)c3cccc4c3oc3ccc5ccccc5c34)cc2)cc1. The average Bonchev–Trinajstić information content (AvgIpc) is 3.47. The number of hydrogen-bond acceptors (Lipinski definition) is 2. The predicted octanol–water partition coefficient (Wildman–Crippen LogP) is 11.5. The van der Waals surface area contributed by atoms with Gasteiger partial charge in [0.1, 0.15) is 5.58 Å². The topological polar surface area (TPSA) is 16.4 Å². The van der Waals surface area contributed by atoms with Crippen LogP contribution in [-0.4, -0.2) is 0 Å². The molecule has 0 aliphatic carbocycles. The molecule has 1 aromatic heterocycles. The second kappa shape index (κ2) is 10.1. The zero-order chi connectivity index (χ0) is 27.9. The molecule has 198 valence electrons. The molecule has 0 atom stereocenters. The summed E-state index contributed by atoms with van der Waals surface area (Å²) in [4.78, 5) is 2.30. The van der Waals surface area contributed by atoms with Crippen LogP contribution in [0.15, 0.2) is 168 Å². The smallest absolute Gasteiger partial charge is 0.159 e. The zero-order valence-electron chi connectivity index (χ0n) is 22.9. The van der Waals surface area contributed by atoms with Gasteiger partial charge in [0.2, 0.25) is 0 Å². The van der Waals surface area contributed by atoms with Crippen molar-refractivity contribution in [1.82, 2.24) is 0 Å². The molecule has 0 fully saturated rings. The second-order valence-electron chi connectivity index (χ2n) is 10.6. The van der Waals surface area contributed by atoms with Gasteiger partial charge < -0.3 is 9.32 Å². The van der Waals surface area contributed by atoms with Crippen LogP contribution in [0.2, 0.25) is 0 Å². The lowest BCUT2D eigenvalue weighted by Gasteiger charge is -2.26. The maximum absolute atomic E-state index is 6.66. The lowest BCUT2D eigenvalue weighted by atomic mass is 10.0. The maximum Gasteiger partial charge on any atom is 0.159 e. The van der Waals surface area contributed by atoms with Crippen molar-refractivity contribution >= 4 is 49.8 Å². The Labute approximate surface area is 244 Å². The first-order valence-electron chi connectivity index (χ1n) is 14.3. The van der Waals surface area contributed by atoms with Crippen LogP contribution in [0.25, 0.3) is 55.0 Å². The van der Waals surface area contributed by atoms with Gasteiger partial charge in [-0.3, -0.25) is 0 Å². The van der Waals surface area contributed by atoms with Gasteiger partial charge in [0, 0.05) is 22.1 Å². The lowest BCUT2D eigenvalue weighted by molar-refractivity contribution is 0.669. The van der Waals surface area contributed by atoms with E-state index in [1.807, 2.05) is 0 Å². The summed E-state index contributed by atoms with van der Waals surface area (Å²) in [6.07, 6.45) is 0. The third-order valence-electron chi connectivity index (χ3n) is 8.07. The summed E-state index contributed by atoms with van der Waals surface area (Å²) in [7, 11) is 0. The van der Waals surface area contributed by atoms with E-state index in [1.165, 1.54) is 33.0 Å². The molecule has 0 saturated carbocycles. The van der Waals surface area contributed by atoms with Crippen molar-refractivity contribution in [3.63, 3.8) is 0 Å². The maximum atomic E-state index is 6.66. The van der Waals surface area contributed by atoms with E-state index in [2.05, 4.69) is 169 Å². The fraction of sp³-hybridized carbons (Fsp3) is 0. The van der Waals surface area contributed by atoms with Gasteiger partial charge >= 0.3 is 0 Å². The molecule has 2 heteroatoms. The fourth-order valence-corrected chi connectivity index (χ4v) is 6.02. The molecule has 8 rings (SSSR count). The molecule has 0 bridgehead atoms. The largest absolute Gasteiger partial charge is 0.454 e. The summed E-state index contributed by atoms with van der Waals surface area (Å²) in [6.45, 7) is 0. The van der Waals surface area contributed by atoms with Crippen LogP contribution in [0.3, 0.4) is 0 Å². The molecule has 0 spiro atoms. The van der Waals surface area contributed by atoms with E-state index in [-0.39, 0.29) is 0 Å². The highest BCUT2D eigenvalue weighted by Gasteiger charge is 2.20. The molecular formula is C40H27NO. The van der Waals surface area contributed by atoms with E-state index in [4.69, 9.17) is 4.42 Å². The van der Waals surface area contributed by atoms with Crippen LogP contribution >= 0.6 is 0 Å². The highest BCUT2D eigenvalue weighted by Crippen LogP contribution is 2.44. The zero-order valence-corrected chi connectivity index (χ0v) is 22.9. The van der Waals surface area contributed by atoms with Gasteiger partial charge in [0.15, 0.2) is 5.58 Å². The summed E-state index contributed by atoms with van der Waals surface area (Å²) < 4.78 is 6.66. The predicted molar refractivity (Wildman–Crippen MR) is 177 cm³/mol. The van der Waals surface area contributed by atoms with E-state index in [9.17, 15) is 0 Å². The standard InChI is InChI=1S/C40H27NO/c1-3-10-28(11-4-1)30-18-23-33(24-19-30)41(34-25-20-31(21-26-34)29-12-5-2-6-13-29)37-17-9-16-36-39-35-15-8-7-14-32(35)22-27-38(39)42-40(36)37/h1-27H. The van der Waals surface area contributed by atoms with Crippen LogP contribution in [0.5, 0.6) is 0 Å². The minimum absolute atomic E-state index is 0.878. The molecule has 0 saturated heterocycles. The Bertz CT molecular complexity index is 2080. The number of furan rings is 1. The molecule has 1 heterocycles. The number of anilines is 3. The van der Waals surface area contributed by atoms with Gasteiger partial charge in [-0.2, -0.15) is 0 Å². The van der Waals surface area contributed by atoms with Crippen LogP contribution in [0, 0.1) is 0 Å². The van der Waals surface area contributed by atoms with Gasteiger partial charge in [0.25, 0.3) is 0 Å². The number of rotatable bonds is 5. The summed E-state index contributed by atoms with van der Waals surface area (Å²) >= 11 is 0. The summed E-state index contributed by atoms with van der Waals surface area (Å²) in [5.41, 5.74) is 9.70. The van der Waals surface area contributed by atoms with Crippen molar-refractivity contribution in [2.75, 3.05) is 4.90 Å². The Balaban J connectivity index is 1.32. The van der Waals surface area contributed by atoms with Crippen molar-refractivity contribution in [1.29, 1.82) is 0 Å². The molecule has 0 amide bonds. The summed E-state index contributed by atoms with van der Waals surface area (Å²) in [5.74, 6) is 0. The number of benzene rings is 7. The van der Waals surface area contributed by atoms with Crippen molar-refractivity contribution in [3.05, 3.63) is 164 Å². The Hall–Kier alpha value is -5.60. The fourth-order valence-electron chi connectivity index (χ4n) is 6.02. The highest BCUT2D eigenvalue weighted by atomic mass is 16.3. The first kappa shape index (κ1) is 24.2. The molecule has 0 aliphatic rings. The molecular weight excluding hydrogens is 510 g/mol. The minimum Gasteiger partial charge on any atom is -0.454 e. The van der Waals surface area contributed by atoms with E-state index in [0.29, 0.717) is 0 Å². The number of fused-ring (bicyclic) bond motifs is 5. The van der Waals surface area contributed by atoms with Gasteiger partial charge in [-0.05, 0) is 69.4 Å². The van der Waals surface area contributed by atoms with E-state index < -0.39 is 0 Å². The van der Waals surface area contributed by atoms with Crippen LogP contribution in [0.1, 0.15) is 0 Å². The van der Waals surface area contributed by atoms with Gasteiger partial charge in [-0.1, -0.05) is 127 Å². The third kappa shape index (κ3) is 4.13. The van der Waals surface area contributed by atoms with Gasteiger partial charge in [-0.25, -0.2) is 0 Å². The Morgan fingerprint density at radius 1 is 0.381 bits per heavy atom. The van der Waals surface area contributed by atoms with E-state index in [1.54, 1.807) is 0 Å². The van der Waals surface area contributed by atoms with Crippen molar-refractivity contribution in [2.45, 2.75) is 0 Å². The van der Waals surface area contributed by atoms with Gasteiger partial charge in [-0.15, -0.1) is 0 Å². The number of para-hydroxylation sites is 1. The molecule has 42 heavy (non-hydrogen) atoms. The summed E-state index contributed by atoms with van der Waals surface area (Å²) in [6, 6.07) is 57.8. The number of nitrogens with zero attached hydrogens (tertiary/aromatic N) is 1. The first-order chi connectivity index (χ1) is 20.8. The van der Waals surface area contributed by atoms with E-state index >= 15 is 0 Å². The third-order valence-corrected chi connectivity index (χ3v) is 8.07. The molecule has 8 aromatic rings. The highest BCUT2D eigenvalue weighted by molar-refractivity contribution is 6.20. The minimum atomic E-state index is 0.878. The van der Waals surface area contributed by atoms with Crippen LogP contribution in [0.4, 0.5) is 17.1 Å². The van der Waals surface area contributed by atoms with Gasteiger partial charge in [0.05, 0.1) is 5.69 Å². The lowest BCUT2D eigenvalue weighted by Crippen LogP contribution is -2.10. The Morgan fingerprint density at radius 2 is 0.905 bits per heavy atom. The normalized spacial score (nSPS) is 11.3. The van der Waals surface area contributed by atoms with E-state index in [0.717, 1.165) is 39.0 Å². The quantitative estimate of drug-likeness (QED) is 0.217. The molecule has 0 N–H and O–H groups in total. The molecule has 2 nitrogen and oxygen atoms in total. The molecule has 0 unspecified atom stereocenters. The van der Waals surface area contributed by atoms with Crippen molar-refractivity contribution in [3.8, 4) is 22.3 Å². The second-order valence-corrected chi connectivity index (χ2v) is 10.6. The Kier molecular flexibility index (Phi) is 5.82. The van der Waals surface area contributed by atoms with Crippen molar-refractivity contribution < 1.29 is 4.42 Å².